The maximum absolute atomic E-state index is 12.6. The second-order valence-electron chi connectivity index (χ2n) is 5.60. The Kier molecular flexibility index (Phi) is 6.84. The van der Waals surface area contributed by atoms with E-state index >= 15 is 0 Å². The Labute approximate surface area is 152 Å². The van der Waals surface area contributed by atoms with Crippen LogP contribution in [0.25, 0.3) is 0 Å². The summed E-state index contributed by atoms with van der Waals surface area (Å²) >= 11 is 1.35. The zero-order chi connectivity index (χ0) is 18.3. The lowest BCUT2D eigenvalue weighted by atomic mass is 10.2. The fraction of sp³-hybridized carbons (Fsp3) is 0.211. The molecule has 0 aliphatic carbocycles. The average molecular weight is 376 g/mol. The van der Waals surface area contributed by atoms with Gasteiger partial charge < -0.3 is 5.11 Å². The Hall–Kier alpha value is -2.05. The molecule has 0 amide bonds. The van der Waals surface area contributed by atoms with Crippen LogP contribution in [0.15, 0.2) is 74.7 Å². The van der Waals surface area contributed by atoms with Crippen molar-refractivity contribution in [3.05, 3.63) is 70.5 Å². The smallest absolute Gasteiger partial charge is 0.303 e. The van der Waals surface area contributed by atoms with Crippen LogP contribution in [0.2, 0.25) is 0 Å². The molecule has 0 saturated carbocycles. The number of carboxylic acid groups (broad SMARTS) is 1. The molecule has 0 spiro atoms. The van der Waals surface area contributed by atoms with Gasteiger partial charge in [-0.1, -0.05) is 47.7 Å². The van der Waals surface area contributed by atoms with E-state index in [-0.39, 0.29) is 11.3 Å². The van der Waals surface area contributed by atoms with Crippen molar-refractivity contribution in [2.24, 2.45) is 0 Å². The van der Waals surface area contributed by atoms with Gasteiger partial charge in [-0.05, 0) is 44.0 Å². The first-order valence-electron chi connectivity index (χ1n) is 7.84. The molecule has 2 aromatic carbocycles. The Morgan fingerprint density at radius 2 is 1.68 bits per heavy atom. The van der Waals surface area contributed by atoms with Gasteiger partial charge in [0.05, 0.1) is 4.90 Å². The van der Waals surface area contributed by atoms with Gasteiger partial charge in [0.1, 0.15) is 0 Å². The molecule has 0 aliphatic rings. The molecule has 25 heavy (non-hydrogen) atoms. The van der Waals surface area contributed by atoms with Crippen molar-refractivity contribution in [1.82, 2.24) is 0 Å². The summed E-state index contributed by atoms with van der Waals surface area (Å²) in [4.78, 5) is 12.5. The van der Waals surface area contributed by atoms with Gasteiger partial charge in [0.2, 0.25) is 9.84 Å². The molecule has 0 heterocycles. The predicted molar refractivity (Wildman–Crippen MR) is 100 cm³/mol. The number of carboxylic acids is 1. The molecule has 0 bridgehead atoms. The van der Waals surface area contributed by atoms with Crippen molar-refractivity contribution in [2.45, 2.75) is 36.0 Å². The zero-order valence-electron chi connectivity index (χ0n) is 13.9. The van der Waals surface area contributed by atoms with Crippen LogP contribution in [0.3, 0.4) is 0 Å². The lowest BCUT2D eigenvalue weighted by Crippen LogP contribution is -1.99. The molecular formula is C19H20O4S2. The van der Waals surface area contributed by atoms with E-state index in [2.05, 4.69) is 0 Å². The van der Waals surface area contributed by atoms with Crippen LogP contribution in [-0.4, -0.2) is 19.5 Å². The summed E-state index contributed by atoms with van der Waals surface area (Å²) in [6.07, 6.45) is 0.804. The third-order valence-electron chi connectivity index (χ3n) is 3.44. The van der Waals surface area contributed by atoms with Crippen LogP contribution < -0.4 is 0 Å². The molecule has 0 fully saturated rings. The third kappa shape index (κ3) is 6.40. The number of sulfone groups is 1. The molecule has 1 N–H and O–H groups in total. The summed E-state index contributed by atoms with van der Waals surface area (Å²) in [7, 11) is -3.58. The van der Waals surface area contributed by atoms with Crippen molar-refractivity contribution in [1.29, 1.82) is 0 Å². The molecule has 0 aliphatic heterocycles. The minimum Gasteiger partial charge on any atom is -0.481 e. The zero-order valence-corrected chi connectivity index (χ0v) is 15.5. The van der Waals surface area contributed by atoms with Crippen LogP contribution in [0, 0.1) is 6.92 Å². The van der Waals surface area contributed by atoms with Crippen LogP contribution in [-0.2, 0) is 14.6 Å². The summed E-state index contributed by atoms with van der Waals surface area (Å²) in [6.45, 7) is 1.90. The average Bonchev–Trinajstić information content (AvgIpc) is 2.55. The lowest BCUT2D eigenvalue weighted by molar-refractivity contribution is -0.137. The molecular weight excluding hydrogens is 356 g/mol. The second-order valence-corrected chi connectivity index (χ2v) is 8.60. The van der Waals surface area contributed by atoms with E-state index in [0.717, 1.165) is 10.5 Å². The SMILES string of the molecule is Cc1ccc(S(=O)(=O)/C=C(\CCCC(=O)O)Sc2ccccc2)cc1. The highest BCUT2D eigenvalue weighted by Crippen LogP contribution is 2.32. The molecule has 4 nitrogen and oxygen atoms in total. The Balaban J connectivity index is 2.26. The van der Waals surface area contributed by atoms with Gasteiger partial charge in [-0.2, -0.15) is 0 Å². The number of rotatable bonds is 8. The number of aliphatic carboxylic acids is 1. The van der Waals surface area contributed by atoms with Gasteiger partial charge in [-0.25, -0.2) is 8.42 Å². The van der Waals surface area contributed by atoms with Crippen molar-refractivity contribution >= 4 is 27.6 Å². The predicted octanol–water partition coefficient (Wildman–Crippen LogP) is 4.66. The molecule has 0 unspecified atom stereocenters. The van der Waals surface area contributed by atoms with Crippen LogP contribution in [0.1, 0.15) is 24.8 Å². The van der Waals surface area contributed by atoms with Gasteiger partial charge in [0.15, 0.2) is 0 Å². The number of hydrogen-bond acceptors (Lipinski definition) is 4. The number of benzene rings is 2. The number of thioether (sulfide) groups is 1. The Morgan fingerprint density at radius 3 is 2.28 bits per heavy atom. The van der Waals surface area contributed by atoms with E-state index in [0.29, 0.717) is 17.7 Å². The molecule has 2 aromatic rings. The van der Waals surface area contributed by atoms with Gasteiger partial charge in [0.25, 0.3) is 0 Å². The number of carbonyl (C=O) groups is 1. The van der Waals surface area contributed by atoms with E-state index in [4.69, 9.17) is 5.11 Å². The van der Waals surface area contributed by atoms with Crippen molar-refractivity contribution in [2.75, 3.05) is 0 Å². The minimum absolute atomic E-state index is 0.0112. The highest BCUT2D eigenvalue weighted by Gasteiger charge is 2.14. The van der Waals surface area contributed by atoms with E-state index in [1.165, 1.54) is 17.2 Å². The summed E-state index contributed by atoms with van der Waals surface area (Å²) in [5.41, 5.74) is 0.989. The number of hydrogen-bond donors (Lipinski definition) is 1. The van der Waals surface area contributed by atoms with E-state index in [1.807, 2.05) is 37.3 Å². The molecule has 0 aromatic heterocycles. The maximum atomic E-state index is 12.6. The largest absolute Gasteiger partial charge is 0.481 e. The summed E-state index contributed by atoms with van der Waals surface area (Å²) in [5.74, 6) is -0.884. The standard InChI is InChI=1S/C19H20O4S2/c1-15-10-12-18(13-11-15)25(22,23)14-17(8-5-9-19(20)21)24-16-6-3-2-4-7-16/h2-4,6-7,10-14H,5,8-9H2,1H3,(H,20,21)/b17-14+. The Bertz CT molecular complexity index is 839. The number of aryl methyl sites for hydroxylation is 1. The van der Waals surface area contributed by atoms with E-state index in [1.54, 1.807) is 24.3 Å². The van der Waals surface area contributed by atoms with E-state index in [9.17, 15) is 13.2 Å². The number of allylic oxidation sites excluding steroid dienone is 1. The lowest BCUT2D eigenvalue weighted by Gasteiger charge is -2.08. The highest BCUT2D eigenvalue weighted by molar-refractivity contribution is 8.04. The molecule has 0 saturated heterocycles. The normalized spacial score (nSPS) is 12.1. The minimum atomic E-state index is -3.58. The highest BCUT2D eigenvalue weighted by atomic mass is 32.2. The van der Waals surface area contributed by atoms with E-state index < -0.39 is 15.8 Å². The van der Waals surface area contributed by atoms with Crippen molar-refractivity contribution in [3.63, 3.8) is 0 Å². The first kappa shape index (κ1) is 19.3. The first-order chi connectivity index (χ1) is 11.9. The first-order valence-corrected chi connectivity index (χ1v) is 10.2. The van der Waals surface area contributed by atoms with Crippen molar-refractivity contribution in [3.8, 4) is 0 Å². The van der Waals surface area contributed by atoms with Crippen LogP contribution in [0.4, 0.5) is 0 Å². The third-order valence-corrected chi connectivity index (χ3v) is 6.21. The van der Waals surface area contributed by atoms with Crippen LogP contribution in [0.5, 0.6) is 0 Å². The molecule has 0 atom stereocenters. The summed E-state index contributed by atoms with van der Waals surface area (Å²) in [5, 5.41) is 10.1. The topological polar surface area (TPSA) is 71.4 Å². The van der Waals surface area contributed by atoms with Crippen LogP contribution >= 0.6 is 11.8 Å². The molecule has 2 rings (SSSR count). The van der Waals surface area contributed by atoms with Gasteiger partial charge in [-0.3, -0.25) is 4.79 Å². The summed E-state index contributed by atoms with van der Waals surface area (Å²) < 4.78 is 25.3. The van der Waals surface area contributed by atoms with Gasteiger partial charge in [-0.15, -0.1) is 0 Å². The van der Waals surface area contributed by atoms with Gasteiger partial charge in [0, 0.05) is 21.6 Å². The van der Waals surface area contributed by atoms with Crippen molar-refractivity contribution < 1.29 is 18.3 Å². The second kappa shape index (κ2) is 8.87. The fourth-order valence-corrected chi connectivity index (χ4v) is 4.69. The summed E-state index contributed by atoms with van der Waals surface area (Å²) in [6, 6.07) is 16.1. The molecule has 0 radical (unpaired) electrons. The maximum Gasteiger partial charge on any atom is 0.303 e. The molecule has 132 valence electrons. The fourth-order valence-electron chi connectivity index (χ4n) is 2.16. The van der Waals surface area contributed by atoms with Gasteiger partial charge >= 0.3 is 5.97 Å². The monoisotopic (exact) mass is 376 g/mol. The molecule has 6 heteroatoms. The quantitative estimate of drug-likeness (QED) is 0.679. The Morgan fingerprint density at radius 1 is 1.04 bits per heavy atom.